The lowest BCUT2D eigenvalue weighted by atomic mass is 9.89. The van der Waals surface area contributed by atoms with Gasteiger partial charge in [0.05, 0.1) is 24.7 Å². The monoisotopic (exact) mass is 236 g/mol. The normalized spacial score (nSPS) is 36.4. The van der Waals surface area contributed by atoms with Crippen molar-refractivity contribution in [1.29, 1.82) is 0 Å². The molecule has 1 saturated heterocycles. The summed E-state index contributed by atoms with van der Waals surface area (Å²) in [7, 11) is 0. The van der Waals surface area contributed by atoms with Crippen LogP contribution in [0.4, 0.5) is 0 Å². The maximum absolute atomic E-state index is 11.9. The second-order valence-electron chi connectivity index (χ2n) is 5.48. The average Bonchev–Trinajstić information content (AvgIpc) is 2.99. The van der Waals surface area contributed by atoms with E-state index in [0.29, 0.717) is 12.5 Å². The second-order valence-corrected chi connectivity index (χ2v) is 5.48. The fourth-order valence-electron chi connectivity index (χ4n) is 3.17. The van der Waals surface area contributed by atoms with Crippen LogP contribution >= 0.6 is 0 Å². The van der Waals surface area contributed by atoms with Crippen molar-refractivity contribution in [2.24, 2.45) is 11.8 Å². The molecule has 1 aliphatic carbocycles. The molecule has 2 fully saturated rings. The molecule has 0 aromatic carbocycles. The van der Waals surface area contributed by atoms with Crippen LogP contribution in [0.3, 0.4) is 0 Å². The number of rotatable bonds is 3. The molecule has 0 aromatic heterocycles. The van der Waals surface area contributed by atoms with E-state index in [9.17, 15) is 4.79 Å². The van der Waals surface area contributed by atoms with Crippen molar-refractivity contribution in [2.45, 2.75) is 50.7 Å². The Hall–Kier alpha value is -0.830. The van der Waals surface area contributed by atoms with Crippen LogP contribution in [0, 0.1) is 11.8 Å². The van der Waals surface area contributed by atoms with E-state index in [0.717, 1.165) is 19.3 Å². The Balaban J connectivity index is 1.44. The van der Waals surface area contributed by atoms with Crippen LogP contribution < -0.4 is 0 Å². The largest absolute Gasteiger partial charge is 0.465 e. The van der Waals surface area contributed by atoms with E-state index >= 15 is 0 Å². The molecule has 3 heteroatoms. The molecule has 3 rings (SSSR count). The molecule has 3 unspecified atom stereocenters. The molecule has 3 nitrogen and oxygen atoms in total. The molecule has 94 valence electrons. The number of ether oxygens (including phenoxy) is 2. The SMILES string of the molecule is O=C(OCC1CC2C=CC1O2)C1CCCCC1. The van der Waals surface area contributed by atoms with Gasteiger partial charge in [-0.2, -0.15) is 0 Å². The Bertz CT molecular complexity index is 317. The first-order chi connectivity index (χ1) is 8.33. The van der Waals surface area contributed by atoms with Crippen LogP contribution in [0.1, 0.15) is 38.5 Å². The highest BCUT2D eigenvalue weighted by molar-refractivity contribution is 5.72. The fourth-order valence-corrected chi connectivity index (χ4v) is 3.17. The first-order valence-electron chi connectivity index (χ1n) is 6.83. The van der Waals surface area contributed by atoms with Gasteiger partial charge in [0.25, 0.3) is 0 Å². The summed E-state index contributed by atoms with van der Waals surface area (Å²) in [5.41, 5.74) is 0. The molecular formula is C14H20O3. The van der Waals surface area contributed by atoms with Crippen molar-refractivity contribution in [1.82, 2.24) is 0 Å². The van der Waals surface area contributed by atoms with E-state index in [1.54, 1.807) is 0 Å². The highest BCUT2D eigenvalue weighted by atomic mass is 16.5. The molecule has 17 heavy (non-hydrogen) atoms. The molecular weight excluding hydrogens is 216 g/mol. The zero-order chi connectivity index (χ0) is 11.7. The molecule has 0 radical (unpaired) electrons. The number of esters is 1. The van der Waals surface area contributed by atoms with Crippen molar-refractivity contribution in [3.8, 4) is 0 Å². The van der Waals surface area contributed by atoms with E-state index in [-0.39, 0.29) is 24.1 Å². The highest BCUT2D eigenvalue weighted by Crippen LogP contribution is 2.34. The van der Waals surface area contributed by atoms with E-state index in [1.807, 2.05) is 0 Å². The van der Waals surface area contributed by atoms with Gasteiger partial charge in [-0.15, -0.1) is 0 Å². The first kappa shape index (κ1) is 11.3. The Kier molecular flexibility index (Phi) is 3.19. The number of carbonyl (C=O) groups is 1. The molecule has 2 aliphatic heterocycles. The number of carbonyl (C=O) groups excluding carboxylic acids is 1. The molecule has 2 heterocycles. The average molecular weight is 236 g/mol. The Morgan fingerprint density at radius 2 is 2.06 bits per heavy atom. The van der Waals surface area contributed by atoms with Crippen LogP contribution in [0.25, 0.3) is 0 Å². The zero-order valence-electron chi connectivity index (χ0n) is 10.1. The van der Waals surface area contributed by atoms with Gasteiger partial charge in [0.2, 0.25) is 0 Å². The van der Waals surface area contributed by atoms with Crippen LogP contribution in [0.15, 0.2) is 12.2 Å². The Labute approximate surface area is 102 Å². The van der Waals surface area contributed by atoms with Gasteiger partial charge in [-0.25, -0.2) is 0 Å². The van der Waals surface area contributed by atoms with E-state index in [1.165, 1.54) is 19.3 Å². The third kappa shape index (κ3) is 2.39. The van der Waals surface area contributed by atoms with Crippen LogP contribution in [0.5, 0.6) is 0 Å². The third-order valence-corrected chi connectivity index (χ3v) is 4.23. The zero-order valence-corrected chi connectivity index (χ0v) is 10.1. The van der Waals surface area contributed by atoms with Gasteiger partial charge in [0.1, 0.15) is 0 Å². The first-order valence-corrected chi connectivity index (χ1v) is 6.83. The molecule has 3 aliphatic rings. The molecule has 3 atom stereocenters. The third-order valence-electron chi connectivity index (χ3n) is 4.23. The quantitative estimate of drug-likeness (QED) is 0.558. The lowest BCUT2D eigenvalue weighted by Gasteiger charge is -2.22. The Morgan fingerprint density at radius 3 is 2.71 bits per heavy atom. The van der Waals surface area contributed by atoms with Gasteiger partial charge in [0.15, 0.2) is 0 Å². The van der Waals surface area contributed by atoms with E-state index in [2.05, 4.69) is 12.2 Å². The molecule has 1 saturated carbocycles. The summed E-state index contributed by atoms with van der Waals surface area (Å²) in [6.07, 6.45) is 11.4. The van der Waals surface area contributed by atoms with Gasteiger partial charge in [-0.1, -0.05) is 31.4 Å². The van der Waals surface area contributed by atoms with Crippen LogP contribution in [0.2, 0.25) is 0 Å². The van der Waals surface area contributed by atoms with Gasteiger partial charge in [-0.3, -0.25) is 4.79 Å². The minimum absolute atomic E-state index is 0.0245. The molecule has 0 aromatic rings. The van der Waals surface area contributed by atoms with Gasteiger partial charge < -0.3 is 9.47 Å². The molecule has 0 N–H and O–H groups in total. The highest BCUT2D eigenvalue weighted by Gasteiger charge is 2.37. The fraction of sp³-hybridized carbons (Fsp3) is 0.786. The molecule has 0 spiro atoms. The Morgan fingerprint density at radius 1 is 1.24 bits per heavy atom. The van der Waals surface area contributed by atoms with Crippen molar-refractivity contribution < 1.29 is 14.3 Å². The summed E-state index contributed by atoms with van der Waals surface area (Å²) < 4.78 is 11.1. The van der Waals surface area contributed by atoms with Crippen LogP contribution in [-0.2, 0) is 14.3 Å². The van der Waals surface area contributed by atoms with Gasteiger partial charge in [-0.05, 0) is 19.3 Å². The minimum Gasteiger partial charge on any atom is -0.465 e. The van der Waals surface area contributed by atoms with E-state index < -0.39 is 0 Å². The van der Waals surface area contributed by atoms with Crippen molar-refractivity contribution in [3.05, 3.63) is 12.2 Å². The summed E-state index contributed by atoms with van der Waals surface area (Å²) in [6, 6.07) is 0. The standard InChI is InChI=1S/C14H20O3/c15-14(10-4-2-1-3-5-10)16-9-11-8-12-6-7-13(11)17-12/h6-7,10-13H,1-5,8-9H2. The lowest BCUT2D eigenvalue weighted by molar-refractivity contribution is -0.151. The van der Waals surface area contributed by atoms with Crippen LogP contribution in [-0.4, -0.2) is 24.8 Å². The van der Waals surface area contributed by atoms with E-state index in [4.69, 9.17) is 9.47 Å². The second kappa shape index (κ2) is 4.81. The molecule has 2 bridgehead atoms. The predicted molar refractivity (Wildman–Crippen MR) is 63.4 cm³/mol. The molecule has 0 amide bonds. The predicted octanol–water partition coefficient (Wildman–Crippen LogP) is 2.45. The van der Waals surface area contributed by atoms with Crippen molar-refractivity contribution in [3.63, 3.8) is 0 Å². The van der Waals surface area contributed by atoms with Gasteiger partial charge >= 0.3 is 5.97 Å². The summed E-state index contributed by atoms with van der Waals surface area (Å²) in [5.74, 6) is 0.577. The number of hydrogen-bond acceptors (Lipinski definition) is 3. The lowest BCUT2D eigenvalue weighted by Crippen LogP contribution is -2.26. The summed E-state index contributed by atoms with van der Waals surface area (Å²) in [6.45, 7) is 0.542. The topological polar surface area (TPSA) is 35.5 Å². The number of fused-ring (bicyclic) bond motifs is 2. The minimum atomic E-state index is 0.0245. The smallest absolute Gasteiger partial charge is 0.308 e. The summed E-state index contributed by atoms with van der Waals surface area (Å²) in [5, 5.41) is 0. The van der Waals surface area contributed by atoms with Crippen molar-refractivity contribution >= 4 is 5.97 Å². The maximum atomic E-state index is 11.9. The van der Waals surface area contributed by atoms with Crippen molar-refractivity contribution in [2.75, 3.05) is 6.61 Å². The summed E-state index contributed by atoms with van der Waals surface area (Å²) in [4.78, 5) is 11.9. The summed E-state index contributed by atoms with van der Waals surface area (Å²) >= 11 is 0. The van der Waals surface area contributed by atoms with Gasteiger partial charge in [0, 0.05) is 5.92 Å². The maximum Gasteiger partial charge on any atom is 0.308 e. The number of hydrogen-bond donors (Lipinski definition) is 0.